The summed E-state index contributed by atoms with van der Waals surface area (Å²) in [7, 11) is 0. The van der Waals surface area contributed by atoms with Crippen LogP contribution < -0.4 is 5.32 Å². The number of amides is 1. The smallest absolute Gasteiger partial charge is 0.257 e. The summed E-state index contributed by atoms with van der Waals surface area (Å²) in [5.41, 5.74) is 3.71. The monoisotopic (exact) mass is 363 g/mol. The molecule has 2 heterocycles. The number of carbonyl (C=O) groups is 1. The Kier molecular flexibility index (Phi) is 4.75. The number of nitrogens with zero attached hydrogens (tertiary/aromatic N) is 2. The molecule has 0 bridgehead atoms. The topological polar surface area (TPSA) is 45.2 Å². The van der Waals surface area contributed by atoms with Gasteiger partial charge in [0.1, 0.15) is 5.82 Å². The first-order valence-corrected chi connectivity index (χ1v) is 9.33. The Morgan fingerprint density at radius 2 is 1.93 bits per heavy atom. The van der Waals surface area contributed by atoms with Crippen LogP contribution >= 0.6 is 0 Å². The first-order chi connectivity index (χ1) is 13.1. The molecule has 138 valence electrons. The molecule has 4 nitrogen and oxygen atoms in total. The molecule has 1 aliphatic rings. The lowest BCUT2D eigenvalue weighted by Crippen LogP contribution is -2.36. The molecule has 0 atom stereocenters. The van der Waals surface area contributed by atoms with Crippen LogP contribution in [0.5, 0.6) is 0 Å². The van der Waals surface area contributed by atoms with Gasteiger partial charge in [0.2, 0.25) is 0 Å². The second kappa shape index (κ2) is 7.35. The molecule has 0 saturated carbocycles. The van der Waals surface area contributed by atoms with E-state index in [1.165, 1.54) is 12.1 Å². The van der Waals surface area contributed by atoms with Crippen molar-refractivity contribution in [1.29, 1.82) is 0 Å². The van der Waals surface area contributed by atoms with E-state index in [-0.39, 0.29) is 11.7 Å². The van der Waals surface area contributed by atoms with Crippen molar-refractivity contribution in [3.63, 3.8) is 0 Å². The van der Waals surface area contributed by atoms with Crippen molar-refractivity contribution in [2.24, 2.45) is 0 Å². The summed E-state index contributed by atoms with van der Waals surface area (Å²) in [6.07, 6.45) is 4.79. The third-order valence-corrected chi connectivity index (χ3v) is 4.99. The predicted molar refractivity (Wildman–Crippen MR) is 106 cm³/mol. The Hall–Kier alpha value is -2.95. The minimum atomic E-state index is -0.348. The van der Waals surface area contributed by atoms with Crippen LogP contribution in [-0.2, 0) is 0 Å². The van der Waals surface area contributed by atoms with Crippen molar-refractivity contribution in [1.82, 2.24) is 9.88 Å². The van der Waals surface area contributed by atoms with Gasteiger partial charge in [0.25, 0.3) is 5.91 Å². The molecule has 5 heteroatoms. The molecule has 1 aromatic heterocycles. The molecule has 0 spiro atoms. The number of aryl methyl sites for hydroxylation is 1. The van der Waals surface area contributed by atoms with E-state index in [4.69, 9.17) is 0 Å². The molecule has 1 saturated heterocycles. The predicted octanol–water partition coefficient (Wildman–Crippen LogP) is 5.05. The van der Waals surface area contributed by atoms with Crippen molar-refractivity contribution in [3.05, 3.63) is 65.6 Å². The molecule has 1 amide bonds. The van der Waals surface area contributed by atoms with Gasteiger partial charge >= 0.3 is 0 Å². The Morgan fingerprint density at radius 1 is 1.11 bits per heavy atom. The van der Waals surface area contributed by atoms with Gasteiger partial charge in [-0.3, -0.25) is 9.78 Å². The highest BCUT2D eigenvalue weighted by molar-refractivity contribution is 6.08. The van der Waals surface area contributed by atoms with Crippen LogP contribution in [0, 0.1) is 12.7 Å². The third kappa shape index (κ3) is 3.63. The van der Waals surface area contributed by atoms with Gasteiger partial charge in [0.05, 0.1) is 16.8 Å². The molecule has 4 rings (SSSR count). The fourth-order valence-corrected chi connectivity index (χ4v) is 3.60. The fourth-order valence-electron chi connectivity index (χ4n) is 3.60. The maximum Gasteiger partial charge on any atom is 0.257 e. The second-order valence-electron chi connectivity index (χ2n) is 7.06. The molecule has 27 heavy (non-hydrogen) atoms. The summed E-state index contributed by atoms with van der Waals surface area (Å²) in [5.74, 6) is -0.400. The minimum absolute atomic E-state index is 0.0523. The quantitative estimate of drug-likeness (QED) is 0.708. The van der Waals surface area contributed by atoms with Crippen molar-refractivity contribution < 1.29 is 9.18 Å². The van der Waals surface area contributed by atoms with E-state index >= 15 is 0 Å². The molecular weight excluding hydrogens is 341 g/mol. The number of halogens is 1. The normalized spacial score (nSPS) is 14.4. The van der Waals surface area contributed by atoms with E-state index in [1.54, 1.807) is 12.3 Å². The molecule has 0 unspecified atom stereocenters. The van der Waals surface area contributed by atoms with Gasteiger partial charge in [-0.1, -0.05) is 12.1 Å². The number of rotatable bonds is 3. The first kappa shape index (κ1) is 17.5. The molecular formula is C22H22FN3O. The fraction of sp³-hybridized carbons (Fsp3) is 0.273. The maximum absolute atomic E-state index is 14.0. The molecule has 1 fully saturated rings. The van der Waals surface area contributed by atoms with E-state index < -0.39 is 0 Å². The van der Waals surface area contributed by atoms with E-state index in [9.17, 15) is 9.18 Å². The number of carbonyl (C=O) groups excluding carboxylic acids is 1. The maximum atomic E-state index is 14.0. The van der Waals surface area contributed by atoms with E-state index in [0.29, 0.717) is 22.2 Å². The summed E-state index contributed by atoms with van der Waals surface area (Å²) in [6.45, 7) is 3.52. The Morgan fingerprint density at radius 3 is 2.70 bits per heavy atom. The number of pyridine rings is 1. The van der Waals surface area contributed by atoms with E-state index in [2.05, 4.69) is 10.3 Å². The Balaban J connectivity index is 1.83. The van der Waals surface area contributed by atoms with Crippen LogP contribution in [-0.4, -0.2) is 28.9 Å². The van der Waals surface area contributed by atoms with Gasteiger partial charge in [-0.2, -0.15) is 0 Å². The number of aromatic nitrogens is 1. The Labute approximate surface area is 158 Å². The number of nitrogens with one attached hydrogen (secondary N) is 1. The van der Waals surface area contributed by atoms with Crippen LogP contribution in [0.1, 0.15) is 35.2 Å². The van der Waals surface area contributed by atoms with Crippen molar-refractivity contribution >= 4 is 28.2 Å². The van der Waals surface area contributed by atoms with Crippen molar-refractivity contribution in [3.8, 4) is 0 Å². The standard InChI is InChI=1S/C22H22FN3O/c1-15-6-5-7-17(12-15)25-21-18-13-16(23)8-9-20(18)24-14-19(21)22(27)26-10-3-2-4-11-26/h5-9,12-14H,2-4,10-11H2,1H3,(H,24,25). The number of benzene rings is 2. The largest absolute Gasteiger partial charge is 0.354 e. The summed E-state index contributed by atoms with van der Waals surface area (Å²) < 4.78 is 14.0. The van der Waals surface area contributed by atoms with Gasteiger partial charge < -0.3 is 10.2 Å². The summed E-state index contributed by atoms with van der Waals surface area (Å²) in [6, 6.07) is 12.4. The summed E-state index contributed by atoms with van der Waals surface area (Å²) in [5, 5.41) is 3.96. The SMILES string of the molecule is Cc1cccc(Nc2c(C(=O)N3CCCCC3)cnc3ccc(F)cc23)c1. The third-order valence-electron chi connectivity index (χ3n) is 4.99. The van der Waals surface area contributed by atoms with Crippen LogP contribution in [0.15, 0.2) is 48.7 Å². The minimum Gasteiger partial charge on any atom is -0.354 e. The summed E-state index contributed by atoms with van der Waals surface area (Å²) >= 11 is 0. The molecule has 0 radical (unpaired) electrons. The number of fused-ring (bicyclic) bond motifs is 1. The number of likely N-dealkylation sites (tertiary alicyclic amines) is 1. The van der Waals surface area contributed by atoms with Gasteiger partial charge in [-0.25, -0.2) is 4.39 Å². The lowest BCUT2D eigenvalue weighted by molar-refractivity contribution is 0.0725. The lowest BCUT2D eigenvalue weighted by Gasteiger charge is -2.27. The molecule has 0 aliphatic carbocycles. The average molecular weight is 363 g/mol. The van der Waals surface area contributed by atoms with Crippen LogP contribution in [0.25, 0.3) is 10.9 Å². The molecule has 1 aliphatic heterocycles. The number of hydrogen-bond donors (Lipinski definition) is 1. The second-order valence-corrected chi connectivity index (χ2v) is 7.06. The average Bonchev–Trinajstić information content (AvgIpc) is 2.68. The lowest BCUT2D eigenvalue weighted by atomic mass is 10.1. The van der Waals surface area contributed by atoms with Gasteiger partial charge in [-0.05, 0) is 62.1 Å². The molecule has 3 aromatic rings. The molecule has 1 N–H and O–H groups in total. The van der Waals surface area contributed by atoms with Crippen molar-refractivity contribution in [2.75, 3.05) is 18.4 Å². The number of piperidine rings is 1. The van der Waals surface area contributed by atoms with E-state index in [1.807, 2.05) is 36.1 Å². The van der Waals surface area contributed by atoms with Gasteiger partial charge in [-0.15, -0.1) is 0 Å². The zero-order valence-electron chi connectivity index (χ0n) is 15.3. The van der Waals surface area contributed by atoms with Gasteiger partial charge in [0, 0.05) is 30.4 Å². The summed E-state index contributed by atoms with van der Waals surface area (Å²) in [4.78, 5) is 19.4. The van der Waals surface area contributed by atoms with Gasteiger partial charge in [0.15, 0.2) is 0 Å². The first-order valence-electron chi connectivity index (χ1n) is 9.33. The molecule has 2 aromatic carbocycles. The highest BCUT2D eigenvalue weighted by Crippen LogP contribution is 2.31. The number of anilines is 2. The van der Waals surface area contributed by atoms with Crippen LogP contribution in [0.2, 0.25) is 0 Å². The Bertz CT molecular complexity index is 996. The van der Waals surface area contributed by atoms with E-state index in [0.717, 1.165) is 43.6 Å². The zero-order valence-corrected chi connectivity index (χ0v) is 15.3. The van der Waals surface area contributed by atoms with Crippen LogP contribution in [0.4, 0.5) is 15.8 Å². The highest BCUT2D eigenvalue weighted by atomic mass is 19.1. The zero-order chi connectivity index (χ0) is 18.8. The van der Waals surface area contributed by atoms with Crippen molar-refractivity contribution in [2.45, 2.75) is 26.2 Å². The number of hydrogen-bond acceptors (Lipinski definition) is 3. The highest BCUT2D eigenvalue weighted by Gasteiger charge is 2.23. The van der Waals surface area contributed by atoms with Crippen LogP contribution in [0.3, 0.4) is 0 Å².